The lowest BCUT2D eigenvalue weighted by atomic mass is 9.81. The number of carbonyl (C=O) groups is 1. The molecule has 2 saturated heterocycles. The van der Waals surface area contributed by atoms with Gasteiger partial charge < -0.3 is 9.64 Å². The first-order valence-electron chi connectivity index (χ1n) is 10.6. The summed E-state index contributed by atoms with van der Waals surface area (Å²) in [4.78, 5) is 22.1. The SMILES string of the molecule is Cc1nc(CN2CCOC3(CCN(C(=O)C4CCC(C)CC4)CC3)C2)cs1. The molecule has 6 heteroatoms. The number of amides is 1. The summed E-state index contributed by atoms with van der Waals surface area (Å²) in [7, 11) is 0. The van der Waals surface area contributed by atoms with Gasteiger partial charge in [0.2, 0.25) is 5.91 Å². The van der Waals surface area contributed by atoms with Gasteiger partial charge in [-0.05, 0) is 51.4 Å². The molecule has 0 radical (unpaired) electrons. The maximum atomic E-state index is 12.9. The van der Waals surface area contributed by atoms with E-state index in [0.29, 0.717) is 5.91 Å². The number of nitrogens with zero attached hydrogens (tertiary/aromatic N) is 3. The van der Waals surface area contributed by atoms with Crippen molar-refractivity contribution in [3.05, 3.63) is 16.1 Å². The molecule has 0 aromatic carbocycles. The number of morpholine rings is 1. The number of likely N-dealkylation sites (tertiary alicyclic amines) is 1. The number of hydrogen-bond donors (Lipinski definition) is 0. The molecular weight excluding hydrogens is 358 g/mol. The van der Waals surface area contributed by atoms with Crippen LogP contribution in [0, 0.1) is 18.8 Å². The van der Waals surface area contributed by atoms with Crippen LogP contribution in [-0.4, -0.2) is 59.1 Å². The van der Waals surface area contributed by atoms with E-state index in [1.807, 2.05) is 0 Å². The van der Waals surface area contributed by atoms with Crippen molar-refractivity contribution in [1.82, 2.24) is 14.8 Å². The summed E-state index contributed by atoms with van der Waals surface area (Å²) >= 11 is 1.72. The monoisotopic (exact) mass is 391 g/mol. The van der Waals surface area contributed by atoms with E-state index < -0.39 is 0 Å². The largest absolute Gasteiger partial charge is 0.372 e. The fourth-order valence-corrected chi connectivity index (χ4v) is 5.57. The van der Waals surface area contributed by atoms with Gasteiger partial charge in [-0.1, -0.05) is 6.92 Å². The van der Waals surface area contributed by atoms with Crippen molar-refractivity contribution in [3.8, 4) is 0 Å². The first-order valence-corrected chi connectivity index (χ1v) is 11.5. The van der Waals surface area contributed by atoms with E-state index >= 15 is 0 Å². The average Bonchev–Trinajstić information content (AvgIpc) is 3.07. The molecule has 5 nitrogen and oxygen atoms in total. The van der Waals surface area contributed by atoms with E-state index in [-0.39, 0.29) is 11.5 Å². The van der Waals surface area contributed by atoms with Gasteiger partial charge in [0.1, 0.15) is 0 Å². The minimum Gasteiger partial charge on any atom is -0.372 e. The number of aryl methyl sites for hydroxylation is 1. The van der Waals surface area contributed by atoms with E-state index in [9.17, 15) is 4.79 Å². The molecule has 1 aromatic rings. The van der Waals surface area contributed by atoms with Gasteiger partial charge in [-0.2, -0.15) is 0 Å². The summed E-state index contributed by atoms with van der Waals surface area (Å²) < 4.78 is 6.27. The molecule has 1 spiro atoms. The van der Waals surface area contributed by atoms with Crippen LogP contribution in [0.15, 0.2) is 5.38 Å². The Morgan fingerprint density at radius 1 is 1.26 bits per heavy atom. The van der Waals surface area contributed by atoms with Gasteiger partial charge in [-0.3, -0.25) is 9.69 Å². The molecule has 3 heterocycles. The van der Waals surface area contributed by atoms with Gasteiger partial charge in [0.15, 0.2) is 0 Å². The van der Waals surface area contributed by atoms with Gasteiger partial charge >= 0.3 is 0 Å². The maximum absolute atomic E-state index is 12.9. The lowest BCUT2D eigenvalue weighted by Crippen LogP contribution is -2.57. The second-order valence-electron chi connectivity index (χ2n) is 8.88. The molecule has 2 aliphatic heterocycles. The number of hydrogen-bond acceptors (Lipinski definition) is 5. The van der Waals surface area contributed by atoms with E-state index in [2.05, 4.69) is 34.0 Å². The summed E-state index contributed by atoms with van der Waals surface area (Å²) in [5.41, 5.74) is 1.11. The predicted molar refractivity (Wildman–Crippen MR) is 108 cm³/mol. The van der Waals surface area contributed by atoms with Crippen LogP contribution in [0.5, 0.6) is 0 Å². The zero-order valence-corrected chi connectivity index (χ0v) is 17.6. The number of thiazole rings is 1. The minimum absolute atomic E-state index is 0.0683. The summed E-state index contributed by atoms with van der Waals surface area (Å²) in [5.74, 6) is 1.47. The van der Waals surface area contributed by atoms with E-state index in [1.165, 1.54) is 18.5 Å². The van der Waals surface area contributed by atoms with Crippen molar-refractivity contribution in [2.24, 2.45) is 11.8 Å². The lowest BCUT2D eigenvalue weighted by Gasteiger charge is -2.47. The zero-order chi connectivity index (χ0) is 18.9. The first-order chi connectivity index (χ1) is 13.0. The van der Waals surface area contributed by atoms with Gasteiger partial charge in [-0.15, -0.1) is 11.3 Å². The van der Waals surface area contributed by atoms with Crippen LogP contribution in [-0.2, 0) is 16.1 Å². The van der Waals surface area contributed by atoms with E-state index in [1.54, 1.807) is 11.3 Å². The van der Waals surface area contributed by atoms with Crippen LogP contribution in [0.25, 0.3) is 0 Å². The molecule has 0 unspecified atom stereocenters. The zero-order valence-electron chi connectivity index (χ0n) is 16.8. The fourth-order valence-electron chi connectivity index (χ4n) is 4.97. The van der Waals surface area contributed by atoms with Gasteiger partial charge in [0.05, 0.1) is 22.9 Å². The highest BCUT2D eigenvalue weighted by Crippen LogP contribution is 2.34. The summed E-state index contributed by atoms with van der Waals surface area (Å²) in [6, 6.07) is 0. The smallest absolute Gasteiger partial charge is 0.225 e. The minimum atomic E-state index is -0.0683. The number of piperidine rings is 1. The van der Waals surface area contributed by atoms with Crippen molar-refractivity contribution in [2.75, 3.05) is 32.8 Å². The second kappa shape index (κ2) is 8.18. The molecule has 3 fully saturated rings. The Balaban J connectivity index is 1.30. The topological polar surface area (TPSA) is 45.7 Å². The molecule has 1 saturated carbocycles. The van der Waals surface area contributed by atoms with Crippen molar-refractivity contribution >= 4 is 17.2 Å². The third-order valence-corrected chi connectivity index (χ3v) is 7.55. The molecule has 0 N–H and O–H groups in total. The highest BCUT2D eigenvalue weighted by atomic mass is 32.1. The number of rotatable bonds is 3. The summed E-state index contributed by atoms with van der Waals surface area (Å²) in [6.07, 6.45) is 6.52. The molecule has 1 aromatic heterocycles. The van der Waals surface area contributed by atoms with Crippen molar-refractivity contribution in [2.45, 2.75) is 64.5 Å². The highest BCUT2D eigenvalue weighted by Gasteiger charge is 2.41. The lowest BCUT2D eigenvalue weighted by molar-refractivity contribution is -0.154. The predicted octanol–water partition coefficient (Wildman–Crippen LogP) is 3.47. The second-order valence-corrected chi connectivity index (χ2v) is 9.94. The Kier molecular flexibility index (Phi) is 5.86. The quantitative estimate of drug-likeness (QED) is 0.791. The standard InChI is InChI=1S/C21H33N3O2S/c1-16-3-5-18(6-4-16)20(25)24-9-7-21(8-10-24)15-23(11-12-26-21)13-19-14-27-17(2)22-19/h14,16,18H,3-13,15H2,1-2H3. The Hall–Kier alpha value is -0.980. The number of carbonyl (C=O) groups excluding carboxylic acids is 1. The van der Waals surface area contributed by atoms with Crippen LogP contribution in [0.4, 0.5) is 0 Å². The Labute approximate surface area is 167 Å². The van der Waals surface area contributed by atoms with Crippen LogP contribution in [0.2, 0.25) is 0 Å². The molecule has 1 aliphatic carbocycles. The van der Waals surface area contributed by atoms with Crippen molar-refractivity contribution in [3.63, 3.8) is 0 Å². The Morgan fingerprint density at radius 3 is 2.67 bits per heavy atom. The summed E-state index contributed by atoms with van der Waals surface area (Å²) in [5, 5.41) is 3.31. The van der Waals surface area contributed by atoms with Gasteiger partial charge in [-0.25, -0.2) is 4.98 Å². The molecule has 4 rings (SSSR count). The maximum Gasteiger partial charge on any atom is 0.225 e. The molecule has 0 atom stereocenters. The number of ether oxygens (including phenoxy) is 1. The van der Waals surface area contributed by atoms with Crippen LogP contribution in [0.3, 0.4) is 0 Å². The van der Waals surface area contributed by atoms with E-state index in [0.717, 1.165) is 75.9 Å². The van der Waals surface area contributed by atoms with Crippen LogP contribution < -0.4 is 0 Å². The van der Waals surface area contributed by atoms with Crippen molar-refractivity contribution < 1.29 is 9.53 Å². The highest BCUT2D eigenvalue weighted by molar-refractivity contribution is 7.09. The van der Waals surface area contributed by atoms with Gasteiger partial charge in [0, 0.05) is 44.0 Å². The molecule has 3 aliphatic rings. The third kappa shape index (κ3) is 4.54. The molecule has 150 valence electrons. The van der Waals surface area contributed by atoms with Crippen molar-refractivity contribution in [1.29, 1.82) is 0 Å². The third-order valence-electron chi connectivity index (χ3n) is 6.73. The number of aromatic nitrogens is 1. The Bertz CT molecular complexity index is 646. The molecule has 1 amide bonds. The van der Waals surface area contributed by atoms with E-state index in [4.69, 9.17) is 4.74 Å². The fraction of sp³-hybridized carbons (Fsp3) is 0.810. The first kappa shape index (κ1) is 19.3. The summed E-state index contributed by atoms with van der Waals surface area (Å²) in [6.45, 7) is 9.73. The molecule has 27 heavy (non-hydrogen) atoms. The normalized spacial score (nSPS) is 29.2. The Morgan fingerprint density at radius 2 is 2.00 bits per heavy atom. The molecular formula is C21H33N3O2S. The molecule has 0 bridgehead atoms. The van der Waals surface area contributed by atoms with Gasteiger partial charge in [0.25, 0.3) is 0 Å². The van der Waals surface area contributed by atoms with Crippen LogP contribution >= 0.6 is 11.3 Å². The average molecular weight is 392 g/mol. The van der Waals surface area contributed by atoms with Crippen LogP contribution in [0.1, 0.15) is 56.2 Å².